The van der Waals surface area contributed by atoms with E-state index in [1.165, 1.54) is 0 Å². The zero-order valence-electron chi connectivity index (χ0n) is 3.70. The Kier molecular flexibility index (Phi) is 4.65. The highest BCUT2D eigenvalue weighted by atomic mass is 16.5. The van der Waals surface area contributed by atoms with E-state index in [4.69, 9.17) is 10.7 Å². The first kappa shape index (κ1) is 6.23. The summed E-state index contributed by atoms with van der Waals surface area (Å²) in [6.45, 7) is 0.594. The van der Waals surface area contributed by atoms with Crippen molar-refractivity contribution < 1.29 is 5.21 Å². The molecule has 0 aliphatic heterocycles. The predicted octanol–water partition coefficient (Wildman–Crippen LogP) is 0.275. The summed E-state index contributed by atoms with van der Waals surface area (Å²) in [5.41, 5.74) is 9.48. The topological polar surface area (TPSA) is 81.0 Å². The van der Waals surface area contributed by atoms with Crippen LogP contribution in [-0.4, -0.2) is 18.3 Å². The van der Waals surface area contributed by atoms with Crippen LogP contribution in [0.25, 0.3) is 10.4 Å². The van der Waals surface area contributed by atoms with E-state index in [2.05, 4.69) is 10.0 Å². The van der Waals surface area contributed by atoms with E-state index in [0.29, 0.717) is 6.54 Å². The fourth-order valence-electron chi connectivity index (χ4n) is 0.145. The molecule has 0 amide bonds. The third kappa shape index (κ3) is 5.23. The molecule has 2 N–H and O–H groups in total. The highest BCUT2D eigenvalue weighted by Gasteiger charge is 1.73. The van der Waals surface area contributed by atoms with E-state index < -0.39 is 0 Å². The van der Waals surface area contributed by atoms with Gasteiger partial charge in [0, 0.05) is 18.0 Å². The van der Waals surface area contributed by atoms with Crippen LogP contribution in [0.3, 0.4) is 0 Å². The van der Waals surface area contributed by atoms with Gasteiger partial charge in [-0.15, -0.1) is 0 Å². The van der Waals surface area contributed by atoms with Crippen LogP contribution in [0.1, 0.15) is 0 Å². The van der Waals surface area contributed by atoms with E-state index in [9.17, 15) is 0 Å². The van der Waals surface area contributed by atoms with Gasteiger partial charge in [0.2, 0.25) is 0 Å². The highest BCUT2D eigenvalue weighted by molar-refractivity contribution is 4.44. The maximum atomic E-state index is 7.86. The Morgan fingerprint density at radius 1 is 1.86 bits per heavy atom. The smallest absolute Gasteiger partial charge is 0.0406 e. The van der Waals surface area contributed by atoms with Crippen molar-refractivity contribution in [2.75, 3.05) is 13.1 Å². The second-order valence-electron chi connectivity index (χ2n) is 0.863. The lowest BCUT2D eigenvalue weighted by atomic mass is 10.7. The number of hydrogen-bond donors (Lipinski definition) is 2. The largest absolute Gasteiger partial charge is 0.317 e. The minimum atomic E-state index is 0.285. The molecule has 0 aliphatic carbocycles. The van der Waals surface area contributed by atoms with Gasteiger partial charge >= 0.3 is 0 Å². The molecule has 40 valence electrons. The van der Waals surface area contributed by atoms with Crippen LogP contribution in [0.15, 0.2) is 5.11 Å². The van der Waals surface area contributed by atoms with Crippen molar-refractivity contribution in [2.24, 2.45) is 5.11 Å². The fourth-order valence-corrected chi connectivity index (χ4v) is 0.145. The molecule has 0 aliphatic rings. The quantitative estimate of drug-likeness (QED) is 0.176. The summed E-state index contributed by atoms with van der Waals surface area (Å²) in [4.78, 5) is 2.45. The average Bonchev–Trinajstić information content (AvgIpc) is 1.69. The van der Waals surface area contributed by atoms with Crippen molar-refractivity contribution >= 4 is 0 Å². The van der Waals surface area contributed by atoms with Gasteiger partial charge in [-0.2, -0.15) is 0 Å². The van der Waals surface area contributed by atoms with Crippen molar-refractivity contribution in [3.63, 3.8) is 0 Å². The van der Waals surface area contributed by atoms with Crippen molar-refractivity contribution in [1.82, 2.24) is 5.48 Å². The van der Waals surface area contributed by atoms with Crippen molar-refractivity contribution in [3.8, 4) is 0 Å². The number of hydroxylamine groups is 1. The van der Waals surface area contributed by atoms with Crippen LogP contribution in [0, 0.1) is 0 Å². The third-order valence-corrected chi connectivity index (χ3v) is 0.387. The molecule has 0 saturated carbocycles. The van der Waals surface area contributed by atoms with Crippen LogP contribution in [-0.2, 0) is 0 Å². The first-order chi connectivity index (χ1) is 3.41. The third-order valence-electron chi connectivity index (χ3n) is 0.387. The van der Waals surface area contributed by atoms with Gasteiger partial charge in [-0.3, -0.25) is 0 Å². The lowest BCUT2D eigenvalue weighted by Crippen LogP contribution is -2.10. The number of nitrogens with one attached hydrogen (secondary N) is 1. The fraction of sp³-hybridized carbons (Fsp3) is 1.00. The summed E-state index contributed by atoms with van der Waals surface area (Å²) in [5.74, 6) is 0. The van der Waals surface area contributed by atoms with Gasteiger partial charge in [-0.1, -0.05) is 5.11 Å². The number of rotatable bonds is 3. The molecule has 0 aromatic carbocycles. The molecule has 0 unspecified atom stereocenters. The summed E-state index contributed by atoms with van der Waals surface area (Å²) in [5, 5.41) is 11.0. The molecule has 0 heterocycles. The minimum Gasteiger partial charge on any atom is -0.317 e. The van der Waals surface area contributed by atoms with Crippen LogP contribution in [0.4, 0.5) is 0 Å². The number of nitrogens with zero attached hydrogens (tertiary/aromatic N) is 3. The summed E-state index contributed by atoms with van der Waals surface area (Å²) in [6.07, 6.45) is 0. The monoisotopic (exact) mass is 102 g/mol. The Labute approximate surface area is 40.5 Å². The number of hydrogen-bond acceptors (Lipinski definition) is 3. The Balaban J connectivity index is 2.83. The van der Waals surface area contributed by atoms with Crippen LogP contribution >= 0.6 is 0 Å². The first-order valence-corrected chi connectivity index (χ1v) is 1.79. The first-order valence-electron chi connectivity index (χ1n) is 1.79. The molecule has 0 fully saturated rings. The second kappa shape index (κ2) is 5.23. The highest BCUT2D eigenvalue weighted by Crippen LogP contribution is 1.64. The van der Waals surface area contributed by atoms with Crippen molar-refractivity contribution in [1.29, 1.82) is 0 Å². The van der Waals surface area contributed by atoms with E-state index in [-0.39, 0.29) is 6.54 Å². The molecule has 0 aromatic rings. The van der Waals surface area contributed by atoms with Gasteiger partial charge in [-0.05, 0) is 5.53 Å². The maximum absolute atomic E-state index is 7.86. The Morgan fingerprint density at radius 2 is 2.57 bits per heavy atom. The molecule has 0 rings (SSSR count). The zero-order valence-corrected chi connectivity index (χ0v) is 3.70. The Bertz CT molecular complexity index is 75.8. The van der Waals surface area contributed by atoms with Gasteiger partial charge in [0.15, 0.2) is 0 Å². The average molecular weight is 102 g/mol. The van der Waals surface area contributed by atoms with Crippen LogP contribution in [0.5, 0.6) is 0 Å². The molecular weight excluding hydrogens is 96.0 g/mol. The van der Waals surface area contributed by atoms with Gasteiger partial charge in [-0.25, -0.2) is 5.48 Å². The standard InChI is InChI=1S/C2H6N4O/c3-6-4-1-2-5-7/h5,7H,1-2H2. The maximum Gasteiger partial charge on any atom is 0.0406 e. The van der Waals surface area contributed by atoms with E-state index in [0.717, 1.165) is 0 Å². The molecule has 0 atom stereocenters. The van der Waals surface area contributed by atoms with E-state index >= 15 is 0 Å². The molecule has 5 heteroatoms. The van der Waals surface area contributed by atoms with Gasteiger partial charge in [0.1, 0.15) is 0 Å². The molecule has 0 aromatic heterocycles. The van der Waals surface area contributed by atoms with Crippen molar-refractivity contribution in [2.45, 2.75) is 0 Å². The lowest BCUT2D eigenvalue weighted by molar-refractivity contribution is 0.170. The van der Waals surface area contributed by atoms with Crippen molar-refractivity contribution in [3.05, 3.63) is 10.4 Å². The van der Waals surface area contributed by atoms with E-state index in [1.54, 1.807) is 0 Å². The Hall–Kier alpha value is -0.770. The van der Waals surface area contributed by atoms with Crippen LogP contribution in [0.2, 0.25) is 0 Å². The summed E-state index contributed by atoms with van der Waals surface area (Å²) >= 11 is 0. The molecule has 5 nitrogen and oxygen atoms in total. The molecule has 0 bridgehead atoms. The second-order valence-corrected chi connectivity index (χ2v) is 0.863. The number of azide groups is 1. The van der Waals surface area contributed by atoms with Gasteiger partial charge in [0.05, 0.1) is 0 Å². The Morgan fingerprint density at radius 3 is 3.00 bits per heavy atom. The molecule has 0 radical (unpaired) electrons. The summed E-state index contributed by atoms with van der Waals surface area (Å²) in [7, 11) is 0. The lowest BCUT2D eigenvalue weighted by Gasteiger charge is -1.84. The van der Waals surface area contributed by atoms with Gasteiger partial charge in [0.25, 0.3) is 0 Å². The summed E-state index contributed by atoms with van der Waals surface area (Å²) in [6, 6.07) is 0. The van der Waals surface area contributed by atoms with Gasteiger partial charge < -0.3 is 5.21 Å². The SMILES string of the molecule is [N-]=[N+]=NCCNO. The van der Waals surface area contributed by atoms with Crippen LogP contribution < -0.4 is 5.48 Å². The zero-order chi connectivity index (χ0) is 5.54. The van der Waals surface area contributed by atoms with E-state index in [1.807, 2.05) is 5.48 Å². The molecule has 0 spiro atoms. The minimum absolute atomic E-state index is 0.285. The molecule has 0 saturated heterocycles. The summed E-state index contributed by atoms with van der Waals surface area (Å²) < 4.78 is 0. The normalized spacial score (nSPS) is 7.57. The molecule has 7 heavy (non-hydrogen) atoms. The predicted molar refractivity (Wildman–Crippen MR) is 23.8 cm³/mol. The molecular formula is C2H6N4O.